The number of hydrogen-bond donors (Lipinski definition) is 1. The summed E-state index contributed by atoms with van der Waals surface area (Å²) in [5, 5.41) is 0. The van der Waals surface area contributed by atoms with Crippen LogP contribution in [0.3, 0.4) is 0 Å². The minimum absolute atomic E-state index is 0.612. The van der Waals surface area contributed by atoms with Crippen LogP contribution in [0.2, 0.25) is 0 Å². The highest BCUT2D eigenvalue weighted by Crippen LogP contribution is 2.26. The number of nitrogens with two attached hydrogens (primary N) is 1. The van der Waals surface area contributed by atoms with E-state index in [0.717, 1.165) is 50.4 Å². The third kappa shape index (κ3) is 5.41. The van der Waals surface area contributed by atoms with E-state index < -0.39 is 0 Å². The molecule has 1 aromatic rings. The van der Waals surface area contributed by atoms with Crippen LogP contribution in [0, 0.1) is 5.92 Å². The predicted molar refractivity (Wildman–Crippen MR) is 84.6 cm³/mol. The lowest BCUT2D eigenvalue weighted by atomic mass is 10.1. The summed E-state index contributed by atoms with van der Waals surface area (Å²) in [7, 11) is 0. The van der Waals surface area contributed by atoms with Gasteiger partial charge in [0, 0.05) is 6.07 Å². The summed E-state index contributed by atoms with van der Waals surface area (Å²) in [5.74, 6) is 2.42. The van der Waals surface area contributed by atoms with Crippen LogP contribution in [-0.2, 0) is 6.42 Å². The molecule has 1 rings (SSSR count). The van der Waals surface area contributed by atoms with Crippen LogP contribution < -0.4 is 15.2 Å². The highest BCUT2D eigenvalue weighted by Gasteiger charge is 2.09. The lowest BCUT2D eigenvalue weighted by Crippen LogP contribution is -2.12. The summed E-state index contributed by atoms with van der Waals surface area (Å²) in [6.45, 7) is 8.66. The maximum Gasteiger partial charge on any atom is 0.126 e. The molecule has 0 aliphatic heterocycles. The summed E-state index contributed by atoms with van der Waals surface area (Å²) in [4.78, 5) is 0. The summed E-state index contributed by atoms with van der Waals surface area (Å²) in [6, 6.07) is 6.08. The zero-order chi connectivity index (χ0) is 14.8. The second-order valence-electron chi connectivity index (χ2n) is 5.15. The fourth-order valence-corrected chi connectivity index (χ4v) is 2.07. The molecule has 0 atom stereocenters. The molecule has 0 radical (unpaired) electrons. The molecule has 0 amide bonds. The van der Waals surface area contributed by atoms with E-state index in [0.29, 0.717) is 12.5 Å². The highest BCUT2D eigenvalue weighted by molar-refractivity contribution is 5.41. The van der Waals surface area contributed by atoms with E-state index in [1.807, 2.05) is 12.1 Å². The molecule has 0 unspecified atom stereocenters. The second kappa shape index (κ2) is 9.65. The topological polar surface area (TPSA) is 44.5 Å². The van der Waals surface area contributed by atoms with Gasteiger partial charge >= 0.3 is 0 Å². The van der Waals surface area contributed by atoms with E-state index in [-0.39, 0.29) is 0 Å². The third-order valence-electron chi connectivity index (χ3n) is 3.55. The fraction of sp³-hybridized carbons (Fsp3) is 0.647. The predicted octanol–water partition coefficient (Wildman–Crippen LogP) is 3.79. The van der Waals surface area contributed by atoms with Crippen LogP contribution in [0.5, 0.6) is 11.5 Å². The minimum Gasteiger partial charge on any atom is -0.493 e. The highest BCUT2D eigenvalue weighted by atomic mass is 16.5. The molecule has 0 aliphatic carbocycles. The molecule has 1 aromatic carbocycles. The van der Waals surface area contributed by atoms with Crippen molar-refractivity contribution in [3.63, 3.8) is 0 Å². The van der Waals surface area contributed by atoms with Crippen molar-refractivity contribution in [2.75, 3.05) is 19.8 Å². The van der Waals surface area contributed by atoms with Crippen molar-refractivity contribution >= 4 is 0 Å². The molecule has 0 saturated carbocycles. The van der Waals surface area contributed by atoms with Gasteiger partial charge in [-0.3, -0.25) is 0 Å². The van der Waals surface area contributed by atoms with Gasteiger partial charge in [-0.15, -0.1) is 0 Å². The Balaban J connectivity index is 2.76. The zero-order valence-electron chi connectivity index (χ0n) is 13.2. The molecule has 2 N–H and O–H groups in total. The molecular formula is C17H29NO2. The van der Waals surface area contributed by atoms with Crippen LogP contribution in [0.15, 0.2) is 18.2 Å². The lowest BCUT2D eigenvalue weighted by Gasteiger charge is -2.17. The smallest absolute Gasteiger partial charge is 0.126 e. The number of benzene rings is 1. The molecule has 0 bridgehead atoms. The van der Waals surface area contributed by atoms with Crippen molar-refractivity contribution in [2.45, 2.75) is 46.5 Å². The Labute approximate surface area is 123 Å². The molecule has 3 nitrogen and oxygen atoms in total. The van der Waals surface area contributed by atoms with Crippen molar-refractivity contribution in [3.8, 4) is 11.5 Å². The number of rotatable bonds is 10. The number of ether oxygens (including phenoxy) is 2. The van der Waals surface area contributed by atoms with E-state index in [2.05, 4.69) is 26.8 Å². The molecule has 0 aromatic heterocycles. The molecule has 0 spiro atoms. The Morgan fingerprint density at radius 2 is 1.85 bits per heavy atom. The first-order chi connectivity index (χ1) is 9.74. The van der Waals surface area contributed by atoms with Gasteiger partial charge in [0.15, 0.2) is 0 Å². The van der Waals surface area contributed by atoms with Gasteiger partial charge in [0.25, 0.3) is 0 Å². The fourth-order valence-electron chi connectivity index (χ4n) is 2.07. The van der Waals surface area contributed by atoms with Gasteiger partial charge in [0.2, 0.25) is 0 Å². The van der Waals surface area contributed by atoms with Crippen molar-refractivity contribution < 1.29 is 9.47 Å². The van der Waals surface area contributed by atoms with Crippen molar-refractivity contribution in [3.05, 3.63) is 23.8 Å². The Morgan fingerprint density at radius 1 is 1.10 bits per heavy atom. The third-order valence-corrected chi connectivity index (χ3v) is 3.55. The summed E-state index contributed by atoms with van der Waals surface area (Å²) in [5.41, 5.74) is 6.84. The van der Waals surface area contributed by atoms with E-state index >= 15 is 0 Å². The number of hydrogen-bond acceptors (Lipinski definition) is 3. The van der Waals surface area contributed by atoms with Gasteiger partial charge in [-0.1, -0.05) is 39.7 Å². The summed E-state index contributed by atoms with van der Waals surface area (Å²) in [6.07, 6.45) is 4.14. The molecular weight excluding hydrogens is 250 g/mol. The van der Waals surface area contributed by atoms with Crippen molar-refractivity contribution in [1.29, 1.82) is 0 Å². The summed E-state index contributed by atoms with van der Waals surface area (Å²) >= 11 is 0. The first-order valence-electron chi connectivity index (χ1n) is 7.83. The lowest BCUT2D eigenvalue weighted by molar-refractivity contribution is 0.236. The van der Waals surface area contributed by atoms with Crippen LogP contribution in [0.25, 0.3) is 0 Å². The summed E-state index contributed by atoms with van der Waals surface area (Å²) < 4.78 is 11.7. The monoisotopic (exact) mass is 279 g/mol. The molecule has 0 heterocycles. The van der Waals surface area contributed by atoms with Gasteiger partial charge in [0.1, 0.15) is 11.5 Å². The molecule has 0 aliphatic rings. The van der Waals surface area contributed by atoms with Gasteiger partial charge in [-0.25, -0.2) is 0 Å². The van der Waals surface area contributed by atoms with E-state index in [9.17, 15) is 0 Å². The molecule has 0 saturated heterocycles. The van der Waals surface area contributed by atoms with Crippen LogP contribution in [0.1, 0.15) is 45.6 Å². The van der Waals surface area contributed by atoms with Gasteiger partial charge in [-0.2, -0.15) is 0 Å². The molecule has 3 heteroatoms. The van der Waals surface area contributed by atoms with Gasteiger partial charge < -0.3 is 15.2 Å². The maximum atomic E-state index is 6.02. The zero-order valence-corrected chi connectivity index (χ0v) is 13.2. The van der Waals surface area contributed by atoms with Crippen LogP contribution >= 0.6 is 0 Å². The van der Waals surface area contributed by atoms with Gasteiger partial charge in [-0.05, 0) is 36.9 Å². The maximum absolute atomic E-state index is 6.02. The Bertz CT molecular complexity index is 375. The minimum atomic E-state index is 0.612. The van der Waals surface area contributed by atoms with E-state index in [1.165, 1.54) is 5.56 Å². The Kier molecular flexibility index (Phi) is 8.12. The molecule has 20 heavy (non-hydrogen) atoms. The first-order valence-corrected chi connectivity index (χ1v) is 7.83. The standard InChI is InChI=1S/C17H29NO2/c1-4-11-19-16-8-7-15(9-10-18)17(12-16)20-13-14(5-2)6-3/h7-8,12,14H,4-6,9-11,13,18H2,1-3H3. The average Bonchev–Trinajstić information content (AvgIpc) is 2.48. The SMILES string of the molecule is CCCOc1ccc(CCN)c(OCC(CC)CC)c1. The van der Waals surface area contributed by atoms with Crippen LogP contribution in [-0.4, -0.2) is 19.8 Å². The Morgan fingerprint density at radius 3 is 2.45 bits per heavy atom. The average molecular weight is 279 g/mol. The molecule has 114 valence electrons. The van der Waals surface area contributed by atoms with Crippen LogP contribution in [0.4, 0.5) is 0 Å². The van der Waals surface area contributed by atoms with Crippen molar-refractivity contribution in [2.24, 2.45) is 11.7 Å². The Hall–Kier alpha value is -1.22. The quantitative estimate of drug-likeness (QED) is 0.708. The van der Waals surface area contributed by atoms with Crippen molar-refractivity contribution in [1.82, 2.24) is 0 Å². The normalized spacial score (nSPS) is 10.8. The second-order valence-corrected chi connectivity index (χ2v) is 5.15. The largest absolute Gasteiger partial charge is 0.493 e. The van der Waals surface area contributed by atoms with Gasteiger partial charge in [0.05, 0.1) is 13.2 Å². The molecule has 0 fully saturated rings. The first kappa shape index (κ1) is 16.8. The van der Waals surface area contributed by atoms with E-state index in [4.69, 9.17) is 15.2 Å². The van der Waals surface area contributed by atoms with E-state index in [1.54, 1.807) is 0 Å².